The average molecular weight is 516 g/mol. The minimum Gasteiger partial charge on any atom is -0.493 e. The van der Waals surface area contributed by atoms with Gasteiger partial charge in [0.1, 0.15) is 0 Å². The number of rotatable bonds is 7. The van der Waals surface area contributed by atoms with Gasteiger partial charge in [-0.15, -0.1) is 0 Å². The molecular weight excluding hydrogens is 486 g/mol. The predicted octanol–water partition coefficient (Wildman–Crippen LogP) is 4.68. The molecule has 1 aliphatic carbocycles. The molecule has 2 aliphatic rings. The van der Waals surface area contributed by atoms with Crippen molar-refractivity contribution in [3.05, 3.63) is 52.9 Å². The summed E-state index contributed by atoms with van der Waals surface area (Å²) >= 11 is 1.32. The average Bonchev–Trinajstić information content (AvgIpc) is 3.14. The number of benzene rings is 2. The Kier molecular flexibility index (Phi) is 7.83. The summed E-state index contributed by atoms with van der Waals surface area (Å²) in [7, 11) is -2.20. The van der Waals surface area contributed by atoms with Gasteiger partial charge in [0.25, 0.3) is 5.91 Å². The number of methoxy groups -OCH3 is 1. The lowest BCUT2D eigenvalue weighted by Gasteiger charge is -2.30. The smallest absolute Gasteiger partial charge is 0.267 e. The molecule has 186 valence electrons. The zero-order chi connectivity index (χ0) is 25.0. The molecule has 10 heteroatoms. The molecule has 8 nitrogen and oxygen atoms in total. The summed E-state index contributed by atoms with van der Waals surface area (Å²) in [6.45, 7) is 2.44. The van der Waals surface area contributed by atoms with Crippen molar-refractivity contribution in [2.75, 3.05) is 13.7 Å². The molecule has 2 fully saturated rings. The Morgan fingerprint density at radius 2 is 1.83 bits per heavy atom. The highest BCUT2D eigenvalue weighted by Crippen LogP contribution is 2.39. The molecule has 0 aromatic heterocycles. The van der Waals surface area contributed by atoms with E-state index in [1.54, 1.807) is 24.1 Å². The van der Waals surface area contributed by atoms with Crippen LogP contribution in [0.3, 0.4) is 0 Å². The second kappa shape index (κ2) is 10.8. The third-order valence-electron chi connectivity index (χ3n) is 5.95. The highest BCUT2D eigenvalue weighted by Gasteiger charge is 2.38. The van der Waals surface area contributed by atoms with Crippen molar-refractivity contribution in [2.24, 2.45) is 10.1 Å². The highest BCUT2D eigenvalue weighted by molar-refractivity contribution is 8.18. The van der Waals surface area contributed by atoms with Gasteiger partial charge in [-0.05, 0) is 79.6 Å². The van der Waals surface area contributed by atoms with Crippen molar-refractivity contribution in [3.63, 3.8) is 0 Å². The van der Waals surface area contributed by atoms with E-state index in [1.807, 2.05) is 31.2 Å². The van der Waals surface area contributed by atoms with Gasteiger partial charge in [0.2, 0.25) is 10.0 Å². The third kappa shape index (κ3) is 5.88. The Hall–Kier alpha value is -2.82. The van der Waals surface area contributed by atoms with Crippen LogP contribution in [0.4, 0.5) is 5.69 Å². The van der Waals surface area contributed by atoms with Gasteiger partial charge in [-0.2, -0.15) is 0 Å². The Labute approximate surface area is 210 Å². The molecule has 1 saturated carbocycles. The molecule has 0 radical (unpaired) electrons. The van der Waals surface area contributed by atoms with Gasteiger partial charge in [-0.25, -0.2) is 18.5 Å². The number of ether oxygens (including phenoxy) is 2. The van der Waals surface area contributed by atoms with Crippen LogP contribution in [0.5, 0.6) is 11.5 Å². The number of hydrogen-bond acceptors (Lipinski definition) is 7. The van der Waals surface area contributed by atoms with Crippen molar-refractivity contribution in [2.45, 2.75) is 50.0 Å². The predicted molar refractivity (Wildman–Crippen MR) is 138 cm³/mol. The number of hydrogen-bond donors (Lipinski definition) is 1. The van der Waals surface area contributed by atoms with E-state index in [1.165, 1.54) is 30.3 Å². The summed E-state index contributed by atoms with van der Waals surface area (Å²) in [6.07, 6.45) is 7.02. The molecule has 4 rings (SSSR count). The molecule has 1 aliphatic heterocycles. The zero-order valence-corrected chi connectivity index (χ0v) is 21.4. The Morgan fingerprint density at radius 3 is 2.46 bits per heavy atom. The Balaban J connectivity index is 1.68. The monoisotopic (exact) mass is 515 g/mol. The first-order valence-corrected chi connectivity index (χ1v) is 13.9. The quantitative estimate of drug-likeness (QED) is 0.536. The molecule has 1 heterocycles. The maximum atomic E-state index is 13.5. The molecule has 2 aromatic carbocycles. The normalized spacial score (nSPS) is 19.5. The molecular formula is C25H29N3O5S2. The van der Waals surface area contributed by atoms with E-state index in [0.29, 0.717) is 33.9 Å². The molecule has 0 unspecified atom stereocenters. The summed E-state index contributed by atoms with van der Waals surface area (Å²) in [6, 6.07) is 11.7. The van der Waals surface area contributed by atoms with Crippen molar-refractivity contribution in [1.29, 1.82) is 0 Å². The van der Waals surface area contributed by atoms with Crippen molar-refractivity contribution < 1.29 is 22.7 Å². The van der Waals surface area contributed by atoms with Gasteiger partial charge >= 0.3 is 0 Å². The second-order valence-corrected chi connectivity index (χ2v) is 10.9. The summed E-state index contributed by atoms with van der Waals surface area (Å²) in [5, 5.41) is 5.79. The molecule has 1 saturated heterocycles. The van der Waals surface area contributed by atoms with E-state index in [4.69, 9.17) is 19.6 Å². The summed E-state index contributed by atoms with van der Waals surface area (Å²) in [4.78, 5) is 20.6. The molecule has 0 bridgehead atoms. The van der Waals surface area contributed by atoms with E-state index in [9.17, 15) is 13.2 Å². The van der Waals surface area contributed by atoms with Crippen LogP contribution in [-0.2, 0) is 14.8 Å². The number of amidine groups is 1. The van der Waals surface area contributed by atoms with Gasteiger partial charge in [-0.1, -0.05) is 25.3 Å². The van der Waals surface area contributed by atoms with E-state index in [0.717, 1.165) is 31.2 Å². The number of sulfonamides is 1. The topological polar surface area (TPSA) is 111 Å². The fourth-order valence-electron chi connectivity index (χ4n) is 4.25. The van der Waals surface area contributed by atoms with Crippen LogP contribution < -0.4 is 14.6 Å². The molecule has 0 spiro atoms. The number of carbonyl (C=O) groups is 1. The van der Waals surface area contributed by atoms with Crippen LogP contribution in [0, 0.1) is 0 Å². The van der Waals surface area contributed by atoms with Gasteiger partial charge < -0.3 is 9.47 Å². The lowest BCUT2D eigenvalue weighted by molar-refractivity contribution is -0.124. The number of thioether (sulfide) groups is 1. The maximum Gasteiger partial charge on any atom is 0.267 e. The van der Waals surface area contributed by atoms with Crippen LogP contribution in [0.15, 0.2) is 57.3 Å². The van der Waals surface area contributed by atoms with Crippen LogP contribution in [-0.4, -0.2) is 44.2 Å². The third-order valence-corrected chi connectivity index (χ3v) is 7.86. The van der Waals surface area contributed by atoms with Crippen molar-refractivity contribution >= 4 is 44.6 Å². The summed E-state index contributed by atoms with van der Waals surface area (Å²) < 4.78 is 34.2. The van der Waals surface area contributed by atoms with Crippen LogP contribution in [0.25, 0.3) is 6.08 Å². The summed E-state index contributed by atoms with van der Waals surface area (Å²) in [5.41, 5.74) is 1.38. The van der Waals surface area contributed by atoms with Crippen molar-refractivity contribution in [1.82, 2.24) is 4.90 Å². The van der Waals surface area contributed by atoms with Crippen molar-refractivity contribution in [3.8, 4) is 11.5 Å². The van der Waals surface area contributed by atoms with E-state index >= 15 is 0 Å². The molecule has 1 amide bonds. The van der Waals surface area contributed by atoms with E-state index in [-0.39, 0.29) is 16.8 Å². The number of nitrogens with two attached hydrogens (primary N) is 1. The maximum absolute atomic E-state index is 13.5. The van der Waals surface area contributed by atoms with Gasteiger partial charge in [0.05, 0.1) is 29.2 Å². The molecule has 2 aromatic rings. The fourth-order valence-corrected chi connectivity index (χ4v) is 5.82. The lowest BCUT2D eigenvalue weighted by atomic mass is 9.94. The molecule has 0 atom stereocenters. The molecule has 2 N–H and O–H groups in total. The zero-order valence-electron chi connectivity index (χ0n) is 19.8. The SMILES string of the molecule is CCOc1ccc(C=C2SC(=Nc3ccc(S(N)(=O)=O)cc3)N(C3CCCCC3)C2=O)cc1OC. The number of amides is 1. The Morgan fingerprint density at radius 1 is 1.11 bits per heavy atom. The van der Waals surface area contributed by atoms with E-state index in [2.05, 4.69) is 0 Å². The summed E-state index contributed by atoms with van der Waals surface area (Å²) in [5.74, 6) is 1.18. The largest absolute Gasteiger partial charge is 0.493 e. The first kappa shape index (κ1) is 25.3. The number of aliphatic imine (C=N–C) groups is 1. The van der Waals surface area contributed by atoms with Crippen LogP contribution in [0.1, 0.15) is 44.6 Å². The minimum atomic E-state index is -3.79. The first-order valence-electron chi connectivity index (χ1n) is 11.6. The minimum absolute atomic E-state index is 0.0192. The lowest BCUT2D eigenvalue weighted by Crippen LogP contribution is -2.40. The van der Waals surface area contributed by atoms with Crippen LogP contribution >= 0.6 is 11.8 Å². The molecule has 35 heavy (non-hydrogen) atoms. The van der Waals surface area contributed by atoms with E-state index < -0.39 is 10.0 Å². The first-order chi connectivity index (χ1) is 16.8. The standard InChI is InChI=1S/C25H29N3O5S2/c1-3-33-21-14-9-17(15-22(21)32-2)16-23-24(29)28(19-7-5-4-6-8-19)25(34-23)27-18-10-12-20(13-11-18)35(26,30)31/h9-16,19H,3-8H2,1-2H3,(H2,26,30,31). The van der Waals surface area contributed by atoms with Crippen LogP contribution in [0.2, 0.25) is 0 Å². The number of carbonyl (C=O) groups excluding carboxylic acids is 1. The number of primary sulfonamides is 1. The Bertz CT molecular complexity index is 1250. The van der Waals surface area contributed by atoms with Gasteiger partial charge in [0.15, 0.2) is 16.7 Å². The second-order valence-electron chi connectivity index (χ2n) is 8.35. The number of nitrogens with zero attached hydrogens (tertiary/aromatic N) is 2. The van der Waals surface area contributed by atoms with Gasteiger partial charge in [-0.3, -0.25) is 9.69 Å². The van der Waals surface area contributed by atoms with Gasteiger partial charge in [0, 0.05) is 6.04 Å². The highest BCUT2D eigenvalue weighted by atomic mass is 32.2. The fraction of sp³-hybridized carbons (Fsp3) is 0.360.